The van der Waals surface area contributed by atoms with Crippen LogP contribution in [-0.2, 0) is 4.79 Å². The Kier molecular flexibility index (Phi) is 6.36. The number of nitrogens with zero attached hydrogens (tertiary/aromatic N) is 2. The fourth-order valence-electron chi connectivity index (χ4n) is 2.63. The van der Waals surface area contributed by atoms with E-state index in [1.807, 2.05) is 0 Å². The van der Waals surface area contributed by atoms with Crippen molar-refractivity contribution in [2.24, 2.45) is 5.10 Å². The summed E-state index contributed by atoms with van der Waals surface area (Å²) >= 11 is 3.36. The Balaban J connectivity index is 2.03. The van der Waals surface area contributed by atoms with Gasteiger partial charge in [0.1, 0.15) is 0 Å². The van der Waals surface area contributed by atoms with Crippen molar-refractivity contribution >= 4 is 39.0 Å². The number of carboxylic acid groups (broad SMARTS) is 1. The van der Waals surface area contributed by atoms with Crippen molar-refractivity contribution in [1.29, 1.82) is 0 Å². The van der Waals surface area contributed by atoms with Crippen molar-refractivity contribution in [1.82, 2.24) is 9.66 Å². The Labute approximate surface area is 178 Å². The van der Waals surface area contributed by atoms with E-state index >= 15 is 0 Å². The van der Waals surface area contributed by atoms with E-state index in [1.54, 1.807) is 43.3 Å². The number of aliphatic carboxylic acids is 1. The van der Waals surface area contributed by atoms with Gasteiger partial charge in [-0.15, -0.1) is 4.68 Å². The summed E-state index contributed by atoms with van der Waals surface area (Å²) in [5.74, 6) is -0.583. The van der Waals surface area contributed by atoms with Gasteiger partial charge in [-0.2, -0.15) is 5.10 Å². The second-order valence-electron chi connectivity index (χ2n) is 6.19. The number of rotatable bonds is 7. The quantitative estimate of drug-likeness (QED) is 0.506. The van der Waals surface area contributed by atoms with Gasteiger partial charge >= 0.3 is 11.7 Å². The maximum absolute atomic E-state index is 12.6. The van der Waals surface area contributed by atoms with Gasteiger partial charge in [-0.1, -0.05) is 12.1 Å². The fraction of sp³-hybridized carbons (Fsp3) is 0.200. The number of hydrogen-bond donors (Lipinski definition) is 2. The summed E-state index contributed by atoms with van der Waals surface area (Å²) in [5, 5.41) is 13.4. The summed E-state index contributed by atoms with van der Waals surface area (Å²) in [4.78, 5) is 38.5. The maximum Gasteiger partial charge on any atom is 0.349 e. The molecule has 9 nitrogen and oxygen atoms in total. The summed E-state index contributed by atoms with van der Waals surface area (Å²) < 4.78 is 12.2. The summed E-state index contributed by atoms with van der Waals surface area (Å²) in [6.45, 7) is 3.49. The predicted octanol–water partition coefficient (Wildman–Crippen LogP) is 2.59. The molecule has 0 bridgehead atoms. The number of aromatic amines is 1. The molecule has 1 atom stereocenters. The molecule has 0 aliphatic heterocycles. The van der Waals surface area contributed by atoms with Gasteiger partial charge in [-0.3, -0.25) is 4.79 Å². The molecule has 3 aromatic rings. The van der Waals surface area contributed by atoms with Crippen LogP contribution in [0.1, 0.15) is 19.4 Å². The van der Waals surface area contributed by atoms with Gasteiger partial charge in [0.15, 0.2) is 17.6 Å². The normalized spacial score (nSPS) is 12.2. The predicted molar refractivity (Wildman–Crippen MR) is 115 cm³/mol. The smallest absolute Gasteiger partial charge is 0.349 e. The number of carboxylic acids is 1. The number of carbonyl (C=O) groups is 1. The summed E-state index contributed by atoms with van der Waals surface area (Å²) in [7, 11) is 0. The molecule has 0 aliphatic rings. The second kappa shape index (κ2) is 8.95. The molecule has 0 fully saturated rings. The standard InChI is InChI=1S/C20H18BrN3O6/c1-3-29-16-8-12(14(21)9-17(16)30-11(2)19(26)27)10-22-24-18(25)13-6-4-5-7-15(13)23-20(24)28/h4-11H,3H2,1-2H3,(H,23,28)(H,26,27)/t11-/m0/s1. The molecule has 3 rings (SSSR count). The van der Waals surface area contributed by atoms with E-state index in [2.05, 4.69) is 26.0 Å². The molecule has 0 spiro atoms. The van der Waals surface area contributed by atoms with Crippen LogP contribution in [0.25, 0.3) is 10.9 Å². The second-order valence-corrected chi connectivity index (χ2v) is 7.04. The first kappa shape index (κ1) is 21.3. The largest absolute Gasteiger partial charge is 0.490 e. The van der Waals surface area contributed by atoms with Crippen LogP contribution >= 0.6 is 15.9 Å². The average Bonchev–Trinajstić information content (AvgIpc) is 2.70. The highest BCUT2D eigenvalue weighted by atomic mass is 79.9. The van der Waals surface area contributed by atoms with Crippen molar-refractivity contribution in [3.05, 3.63) is 67.3 Å². The first-order chi connectivity index (χ1) is 14.3. The van der Waals surface area contributed by atoms with Crippen LogP contribution in [0.5, 0.6) is 11.5 Å². The van der Waals surface area contributed by atoms with Crippen LogP contribution in [0.2, 0.25) is 0 Å². The minimum Gasteiger partial charge on any atom is -0.490 e. The van der Waals surface area contributed by atoms with Gasteiger partial charge < -0.3 is 19.6 Å². The van der Waals surface area contributed by atoms with Crippen LogP contribution in [0.4, 0.5) is 0 Å². The molecular formula is C20H18BrN3O6. The topological polar surface area (TPSA) is 123 Å². The third kappa shape index (κ3) is 4.43. The highest BCUT2D eigenvalue weighted by Crippen LogP contribution is 2.34. The number of fused-ring (bicyclic) bond motifs is 1. The summed E-state index contributed by atoms with van der Waals surface area (Å²) in [6, 6.07) is 9.75. The molecule has 0 radical (unpaired) electrons. The molecule has 0 saturated heterocycles. The minimum atomic E-state index is -1.12. The van der Waals surface area contributed by atoms with E-state index in [1.165, 1.54) is 13.1 Å². The van der Waals surface area contributed by atoms with Gasteiger partial charge in [0, 0.05) is 10.0 Å². The number of ether oxygens (including phenoxy) is 2. The third-order valence-corrected chi connectivity index (χ3v) is 4.80. The van der Waals surface area contributed by atoms with E-state index < -0.39 is 23.3 Å². The lowest BCUT2D eigenvalue weighted by atomic mass is 10.2. The molecule has 2 N–H and O–H groups in total. The van der Waals surface area contributed by atoms with Crippen LogP contribution in [0, 0.1) is 0 Å². The van der Waals surface area contributed by atoms with Crippen molar-refractivity contribution < 1.29 is 19.4 Å². The molecule has 0 aliphatic carbocycles. The average molecular weight is 476 g/mol. The van der Waals surface area contributed by atoms with Gasteiger partial charge in [-0.05, 0) is 54.0 Å². The van der Waals surface area contributed by atoms with Crippen LogP contribution in [-0.4, -0.2) is 39.7 Å². The Hall–Kier alpha value is -3.40. The fourth-order valence-corrected chi connectivity index (χ4v) is 3.05. The highest BCUT2D eigenvalue weighted by Gasteiger charge is 2.17. The summed E-state index contributed by atoms with van der Waals surface area (Å²) in [5.41, 5.74) is -0.311. The Bertz CT molecular complexity index is 1250. The lowest BCUT2D eigenvalue weighted by Crippen LogP contribution is -2.32. The molecular weight excluding hydrogens is 458 g/mol. The van der Waals surface area contributed by atoms with E-state index in [4.69, 9.17) is 14.6 Å². The Morgan fingerprint density at radius 2 is 2.03 bits per heavy atom. The molecule has 0 saturated carbocycles. The SMILES string of the molecule is CCOc1cc(C=Nn2c(=O)[nH]c3ccccc3c2=O)c(Br)cc1O[C@@H](C)C(=O)O. The molecule has 0 amide bonds. The molecule has 2 aromatic carbocycles. The minimum absolute atomic E-state index is 0.233. The van der Waals surface area contributed by atoms with Crippen molar-refractivity contribution in [3.63, 3.8) is 0 Å². The van der Waals surface area contributed by atoms with Crippen molar-refractivity contribution in [3.8, 4) is 11.5 Å². The zero-order chi connectivity index (χ0) is 21.8. The Morgan fingerprint density at radius 3 is 2.73 bits per heavy atom. The first-order valence-corrected chi connectivity index (χ1v) is 9.75. The number of hydrogen-bond acceptors (Lipinski definition) is 6. The monoisotopic (exact) mass is 475 g/mol. The van der Waals surface area contributed by atoms with Crippen LogP contribution in [0.3, 0.4) is 0 Å². The van der Waals surface area contributed by atoms with E-state index in [9.17, 15) is 14.4 Å². The molecule has 10 heteroatoms. The zero-order valence-electron chi connectivity index (χ0n) is 16.1. The van der Waals surface area contributed by atoms with Crippen molar-refractivity contribution in [2.75, 3.05) is 6.61 Å². The number of benzene rings is 2. The van der Waals surface area contributed by atoms with Gasteiger partial charge in [0.05, 0.1) is 23.7 Å². The van der Waals surface area contributed by atoms with Crippen molar-refractivity contribution in [2.45, 2.75) is 20.0 Å². The zero-order valence-corrected chi connectivity index (χ0v) is 17.7. The van der Waals surface area contributed by atoms with E-state index in [0.29, 0.717) is 33.3 Å². The van der Waals surface area contributed by atoms with Gasteiger partial charge in [0.2, 0.25) is 0 Å². The third-order valence-electron chi connectivity index (χ3n) is 4.11. The molecule has 0 unspecified atom stereocenters. The highest BCUT2D eigenvalue weighted by molar-refractivity contribution is 9.10. The molecule has 1 heterocycles. The summed E-state index contributed by atoms with van der Waals surface area (Å²) in [6.07, 6.45) is 0.243. The van der Waals surface area contributed by atoms with Crippen LogP contribution in [0.15, 0.2) is 55.6 Å². The molecule has 1 aromatic heterocycles. The number of H-pyrrole nitrogens is 1. The lowest BCUT2D eigenvalue weighted by Gasteiger charge is -2.16. The van der Waals surface area contributed by atoms with Gasteiger partial charge in [0.25, 0.3) is 5.56 Å². The lowest BCUT2D eigenvalue weighted by molar-refractivity contribution is -0.144. The Morgan fingerprint density at radius 1 is 1.30 bits per heavy atom. The number of para-hydroxylation sites is 1. The van der Waals surface area contributed by atoms with E-state index in [0.717, 1.165) is 4.68 Å². The first-order valence-electron chi connectivity index (χ1n) is 8.96. The molecule has 30 heavy (non-hydrogen) atoms. The molecule has 156 valence electrons. The van der Waals surface area contributed by atoms with E-state index in [-0.39, 0.29) is 5.75 Å². The van der Waals surface area contributed by atoms with Gasteiger partial charge in [-0.25, -0.2) is 9.59 Å². The number of halogens is 1. The number of nitrogens with one attached hydrogen (secondary N) is 1. The number of aromatic nitrogens is 2. The van der Waals surface area contributed by atoms with Crippen LogP contribution < -0.4 is 20.7 Å². The maximum atomic E-state index is 12.6.